The number of nitrogens with one attached hydrogen (secondary N) is 2. The maximum Gasteiger partial charge on any atom is 0.576 e. The van der Waals surface area contributed by atoms with Crippen molar-refractivity contribution in [1.82, 2.24) is 20.4 Å². The monoisotopic (exact) mass is 308 g/mol. The van der Waals surface area contributed by atoms with E-state index < -0.39 is 0 Å². The number of hydrogen-bond acceptors (Lipinski definition) is 6. The predicted molar refractivity (Wildman–Crippen MR) is 89.4 cm³/mol. The van der Waals surface area contributed by atoms with Crippen molar-refractivity contribution in [2.24, 2.45) is 0 Å². The quantitative estimate of drug-likeness (QED) is 0.421. The summed E-state index contributed by atoms with van der Waals surface area (Å²) >= 11 is 0. The van der Waals surface area contributed by atoms with Gasteiger partial charge in [-0.25, -0.2) is 0 Å². The summed E-state index contributed by atoms with van der Waals surface area (Å²) in [6, 6.07) is 11.0. The minimum absolute atomic E-state index is 0.0737. The van der Waals surface area contributed by atoms with Crippen molar-refractivity contribution in [3.05, 3.63) is 36.4 Å². The minimum atomic E-state index is 0.0737. The van der Waals surface area contributed by atoms with E-state index in [1.54, 1.807) is 0 Å². The van der Waals surface area contributed by atoms with Crippen LogP contribution in [0.1, 0.15) is 0 Å². The lowest BCUT2D eigenvalue weighted by atomic mass is 10.2. The summed E-state index contributed by atoms with van der Waals surface area (Å²) in [5, 5.41) is 15.3. The molecule has 0 radical (unpaired) electrons. The van der Waals surface area contributed by atoms with Gasteiger partial charge in [0, 0.05) is 22.9 Å². The van der Waals surface area contributed by atoms with E-state index in [2.05, 4.69) is 20.4 Å². The van der Waals surface area contributed by atoms with E-state index in [-0.39, 0.29) is 7.69 Å². The van der Waals surface area contributed by atoms with Crippen molar-refractivity contribution < 1.29 is 9.31 Å². The Morgan fingerprint density at radius 1 is 0.783 bits per heavy atom. The number of H-pyrrole nitrogens is 2. The molecule has 4 aromatic rings. The second kappa shape index (κ2) is 5.13. The van der Waals surface area contributed by atoms with E-state index in [0.717, 1.165) is 21.8 Å². The molecule has 0 spiro atoms. The molecule has 0 aliphatic rings. The minimum Gasteiger partial charge on any atom is -0.528 e. The Morgan fingerprint density at radius 2 is 1.26 bits per heavy atom. The van der Waals surface area contributed by atoms with E-state index in [0.29, 0.717) is 23.1 Å². The van der Waals surface area contributed by atoms with E-state index >= 15 is 0 Å². The Balaban J connectivity index is 1.45. The van der Waals surface area contributed by atoms with E-state index in [9.17, 15) is 0 Å². The molecule has 2 aromatic carbocycles. The lowest BCUT2D eigenvalue weighted by Gasteiger charge is -2.07. The summed E-state index contributed by atoms with van der Waals surface area (Å²) in [6.45, 7) is 0. The molecular formula is C14H13BN6O2. The third kappa shape index (κ3) is 2.37. The number of rotatable bonds is 4. The number of aromatic amines is 2. The topological polar surface area (TPSA) is 128 Å². The van der Waals surface area contributed by atoms with Gasteiger partial charge in [0.2, 0.25) is 0 Å². The molecule has 2 heterocycles. The van der Waals surface area contributed by atoms with Gasteiger partial charge in [0.05, 0.1) is 11.0 Å². The molecule has 0 fully saturated rings. The average Bonchev–Trinajstić information content (AvgIpc) is 3.11. The highest BCUT2D eigenvalue weighted by Crippen LogP contribution is 2.24. The Bertz CT molecular complexity index is 915. The highest BCUT2D eigenvalue weighted by molar-refractivity contribution is 6.21. The third-order valence-corrected chi connectivity index (χ3v) is 3.58. The van der Waals surface area contributed by atoms with Crippen molar-refractivity contribution in [1.29, 1.82) is 0 Å². The lowest BCUT2D eigenvalue weighted by Crippen LogP contribution is -2.10. The highest BCUT2D eigenvalue weighted by atomic mass is 16.6. The van der Waals surface area contributed by atoms with E-state index in [4.69, 9.17) is 20.8 Å². The van der Waals surface area contributed by atoms with Crippen LogP contribution in [0.2, 0.25) is 0 Å². The van der Waals surface area contributed by atoms with Crippen LogP contribution < -0.4 is 20.8 Å². The molecule has 0 bridgehead atoms. The van der Waals surface area contributed by atoms with Crippen LogP contribution in [-0.4, -0.2) is 28.1 Å². The summed E-state index contributed by atoms with van der Waals surface area (Å²) in [5.41, 5.74) is 13.1. The fraction of sp³-hybridized carbons (Fsp3) is 0. The fourth-order valence-electron chi connectivity index (χ4n) is 2.38. The molecule has 0 saturated heterocycles. The molecule has 4 rings (SSSR count). The number of anilines is 2. The second-order valence-corrected chi connectivity index (χ2v) is 5.04. The summed E-state index contributed by atoms with van der Waals surface area (Å²) in [6.07, 6.45) is 0. The molecular weight excluding hydrogens is 295 g/mol. The van der Waals surface area contributed by atoms with Crippen LogP contribution in [0.3, 0.4) is 0 Å². The van der Waals surface area contributed by atoms with Gasteiger partial charge in [-0.15, -0.1) is 0 Å². The lowest BCUT2D eigenvalue weighted by molar-refractivity contribution is 0.459. The normalized spacial score (nSPS) is 11.0. The Labute approximate surface area is 131 Å². The van der Waals surface area contributed by atoms with Crippen LogP contribution in [0.5, 0.6) is 11.5 Å². The smallest absolute Gasteiger partial charge is 0.528 e. The first-order valence-electron chi connectivity index (χ1n) is 6.93. The van der Waals surface area contributed by atoms with Crippen molar-refractivity contribution in [3.63, 3.8) is 0 Å². The van der Waals surface area contributed by atoms with Gasteiger partial charge in [-0.05, 0) is 24.3 Å². The molecule has 0 unspecified atom stereocenters. The second-order valence-electron chi connectivity index (χ2n) is 5.04. The third-order valence-electron chi connectivity index (χ3n) is 3.58. The molecule has 0 aliphatic heterocycles. The molecule has 0 atom stereocenters. The van der Waals surface area contributed by atoms with Gasteiger partial charge in [-0.2, -0.15) is 10.2 Å². The molecule has 9 heteroatoms. The van der Waals surface area contributed by atoms with Gasteiger partial charge in [0.15, 0.2) is 11.6 Å². The maximum absolute atomic E-state index is 5.72. The average molecular weight is 308 g/mol. The van der Waals surface area contributed by atoms with Crippen molar-refractivity contribution >= 4 is 41.1 Å². The molecule has 114 valence electrons. The molecule has 8 nitrogen and oxygen atoms in total. The Morgan fingerprint density at radius 3 is 1.74 bits per heavy atom. The molecule has 23 heavy (non-hydrogen) atoms. The first-order chi connectivity index (χ1) is 11.2. The summed E-state index contributed by atoms with van der Waals surface area (Å²) in [4.78, 5) is 0. The van der Waals surface area contributed by atoms with Crippen molar-refractivity contribution in [2.75, 3.05) is 11.5 Å². The summed E-state index contributed by atoms with van der Waals surface area (Å²) in [5.74, 6) is 2.26. The first-order valence-corrected chi connectivity index (χ1v) is 6.93. The van der Waals surface area contributed by atoms with Crippen LogP contribution in [0.15, 0.2) is 36.4 Å². The van der Waals surface area contributed by atoms with Gasteiger partial charge < -0.3 is 20.8 Å². The zero-order valence-electron chi connectivity index (χ0n) is 12.0. The van der Waals surface area contributed by atoms with Gasteiger partial charge in [-0.1, -0.05) is 0 Å². The molecule has 6 N–H and O–H groups in total. The summed E-state index contributed by atoms with van der Waals surface area (Å²) in [7, 11) is 0.0737. The van der Waals surface area contributed by atoms with Crippen molar-refractivity contribution in [2.45, 2.75) is 0 Å². The van der Waals surface area contributed by atoms with Gasteiger partial charge in [0.25, 0.3) is 0 Å². The summed E-state index contributed by atoms with van der Waals surface area (Å²) < 4.78 is 11.2. The molecule has 0 amide bonds. The van der Waals surface area contributed by atoms with Crippen LogP contribution in [-0.2, 0) is 0 Å². The zero-order chi connectivity index (χ0) is 15.8. The standard InChI is InChI=1S/C14H13BN6O2/c16-13-9-3-1-7(5-11(9)18-20-13)22-15-23-8-2-4-10-12(6-8)19-21-14(10)17/h1-6,15H,(H3,16,18,20)(H3,17,19,21). The van der Waals surface area contributed by atoms with Gasteiger partial charge in [-0.3, -0.25) is 10.2 Å². The van der Waals surface area contributed by atoms with Crippen molar-refractivity contribution in [3.8, 4) is 11.5 Å². The maximum atomic E-state index is 5.72. The number of benzene rings is 2. The number of nitrogens with two attached hydrogens (primary N) is 2. The van der Waals surface area contributed by atoms with E-state index in [1.165, 1.54) is 0 Å². The SMILES string of the molecule is Nc1n[nH]c2cc(OBOc3ccc4c(N)n[nH]c4c3)ccc12. The van der Waals surface area contributed by atoms with Crippen LogP contribution in [0.4, 0.5) is 11.6 Å². The Hall–Kier alpha value is -3.36. The van der Waals surface area contributed by atoms with Crippen LogP contribution in [0.25, 0.3) is 21.8 Å². The fourth-order valence-corrected chi connectivity index (χ4v) is 2.38. The molecule has 0 saturated carbocycles. The number of hydrogen-bond donors (Lipinski definition) is 4. The first kappa shape index (κ1) is 13.3. The molecule has 0 aliphatic carbocycles. The number of nitrogen functional groups attached to an aromatic ring is 2. The molecule has 2 aromatic heterocycles. The zero-order valence-corrected chi connectivity index (χ0v) is 12.0. The number of nitrogens with zero attached hydrogens (tertiary/aromatic N) is 2. The van der Waals surface area contributed by atoms with E-state index in [1.807, 2.05) is 36.4 Å². The number of fused-ring (bicyclic) bond motifs is 2. The van der Waals surface area contributed by atoms with Crippen LogP contribution in [0, 0.1) is 0 Å². The number of aromatic nitrogens is 4. The Kier molecular flexibility index (Phi) is 2.97. The van der Waals surface area contributed by atoms with Gasteiger partial charge >= 0.3 is 7.69 Å². The van der Waals surface area contributed by atoms with Crippen LogP contribution >= 0.6 is 0 Å². The largest absolute Gasteiger partial charge is 0.576 e. The van der Waals surface area contributed by atoms with Gasteiger partial charge in [0.1, 0.15) is 11.5 Å². The predicted octanol–water partition coefficient (Wildman–Crippen LogP) is 1.33. The highest BCUT2D eigenvalue weighted by Gasteiger charge is 2.07.